The number of carbonyl (C=O) groups is 1. The van der Waals surface area contributed by atoms with Crippen molar-refractivity contribution in [2.45, 2.75) is 38.1 Å². The average Bonchev–Trinajstić information content (AvgIpc) is 3.13. The molecule has 2 heteroatoms. The van der Waals surface area contributed by atoms with Crippen molar-refractivity contribution in [1.29, 1.82) is 0 Å². The van der Waals surface area contributed by atoms with Crippen LogP contribution in [0.3, 0.4) is 0 Å². The first kappa shape index (κ1) is 12.6. The van der Waals surface area contributed by atoms with E-state index in [1.807, 2.05) is 6.07 Å². The summed E-state index contributed by atoms with van der Waals surface area (Å²) >= 11 is 0. The van der Waals surface area contributed by atoms with Gasteiger partial charge in [0.2, 0.25) is 0 Å². The fourth-order valence-electron chi connectivity index (χ4n) is 3.60. The summed E-state index contributed by atoms with van der Waals surface area (Å²) in [4.78, 5) is 12.4. The summed E-state index contributed by atoms with van der Waals surface area (Å²) < 4.78 is 0. The zero-order valence-electron chi connectivity index (χ0n) is 12.1. The van der Waals surface area contributed by atoms with Gasteiger partial charge in [0.15, 0.2) is 0 Å². The predicted molar refractivity (Wildman–Crippen MR) is 84.4 cm³/mol. The lowest BCUT2D eigenvalue weighted by Gasteiger charge is -2.12. The molecule has 21 heavy (non-hydrogen) atoms. The molecule has 106 valence electrons. The van der Waals surface area contributed by atoms with E-state index < -0.39 is 0 Å². The van der Waals surface area contributed by atoms with E-state index in [9.17, 15) is 4.79 Å². The van der Waals surface area contributed by atoms with Crippen LogP contribution in [0.2, 0.25) is 0 Å². The molecule has 2 nitrogen and oxygen atoms in total. The molecule has 1 fully saturated rings. The monoisotopic (exact) mass is 277 g/mol. The van der Waals surface area contributed by atoms with Crippen LogP contribution in [-0.2, 0) is 6.42 Å². The third kappa shape index (κ3) is 2.25. The van der Waals surface area contributed by atoms with E-state index in [0.717, 1.165) is 24.8 Å². The highest BCUT2D eigenvalue weighted by atomic mass is 16.1. The summed E-state index contributed by atoms with van der Waals surface area (Å²) in [5, 5.41) is 3.17. The van der Waals surface area contributed by atoms with Crippen molar-refractivity contribution < 1.29 is 4.79 Å². The van der Waals surface area contributed by atoms with E-state index in [2.05, 4.69) is 41.7 Å². The molecule has 0 unspecified atom stereocenters. The Balaban J connectivity index is 1.63. The standard InChI is InChI=1S/C19H19NO/c21-19(20-16-6-2-3-7-16)15-10-9-14-11-13-5-1-4-8-17(13)18(14)12-15/h1,4-5,8-10,12,16H,2-3,6-7,11H2,(H,20,21). The van der Waals surface area contributed by atoms with Crippen molar-refractivity contribution in [2.24, 2.45) is 0 Å². The summed E-state index contributed by atoms with van der Waals surface area (Å²) in [6.45, 7) is 0. The van der Waals surface area contributed by atoms with Gasteiger partial charge in [-0.25, -0.2) is 0 Å². The molecule has 0 aliphatic heterocycles. The van der Waals surface area contributed by atoms with Gasteiger partial charge in [0.05, 0.1) is 0 Å². The number of hydrogen-bond donors (Lipinski definition) is 1. The average molecular weight is 277 g/mol. The number of benzene rings is 2. The SMILES string of the molecule is O=C(NC1CCCC1)c1ccc2c(c1)-c1ccccc1C2. The zero-order valence-corrected chi connectivity index (χ0v) is 12.1. The molecule has 1 amide bonds. The van der Waals surface area contributed by atoms with Crippen molar-refractivity contribution in [3.63, 3.8) is 0 Å². The lowest BCUT2D eigenvalue weighted by atomic mass is 10.0. The first-order chi connectivity index (χ1) is 10.3. The van der Waals surface area contributed by atoms with Gasteiger partial charge in [-0.15, -0.1) is 0 Å². The molecule has 1 N–H and O–H groups in total. The van der Waals surface area contributed by atoms with Gasteiger partial charge in [0, 0.05) is 11.6 Å². The Morgan fingerprint density at radius 3 is 2.57 bits per heavy atom. The van der Waals surface area contributed by atoms with Crippen LogP contribution in [0.25, 0.3) is 11.1 Å². The van der Waals surface area contributed by atoms with Crippen molar-refractivity contribution >= 4 is 5.91 Å². The Kier molecular flexibility index (Phi) is 3.03. The second kappa shape index (κ2) is 5.03. The van der Waals surface area contributed by atoms with E-state index >= 15 is 0 Å². The summed E-state index contributed by atoms with van der Waals surface area (Å²) in [6, 6.07) is 15.0. The fraction of sp³-hybridized carbons (Fsp3) is 0.316. The van der Waals surface area contributed by atoms with E-state index in [1.165, 1.54) is 35.1 Å². The van der Waals surface area contributed by atoms with E-state index in [-0.39, 0.29) is 5.91 Å². The molecule has 2 aromatic rings. The molecule has 0 saturated heterocycles. The molecule has 2 aliphatic carbocycles. The first-order valence-corrected chi connectivity index (χ1v) is 7.83. The van der Waals surface area contributed by atoms with Crippen molar-refractivity contribution in [3.05, 3.63) is 59.2 Å². The summed E-state index contributed by atoms with van der Waals surface area (Å²) in [5.41, 5.74) is 5.99. The minimum Gasteiger partial charge on any atom is -0.349 e. The minimum atomic E-state index is 0.0779. The molecule has 2 aromatic carbocycles. The number of nitrogens with one attached hydrogen (secondary N) is 1. The van der Waals surface area contributed by atoms with Crippen LogP contribution >= 0.6 is 0 Å². The molecule has 0 bridgehead atoms. The van der Waals surface area contributed by atoms with Gasteiger partial charge in [0.1, 0.15) is 0 Å². The van der Waals surface area contributed by atoms with Crippen LogP contribution in [0.5, 0.6) is 0 Å². The summed E-state index contributed by atoms with van der Waals surface area (Å²) in [6.07, 6.45) is 5.71. The quantitative estimate of drug-likeness (QED) is 0.755. The highest BCUT2D eigenvalue weighted by Crippen LogP contribution is 2.36. The van der Waals surface area contributed by atoms with Gasteiger partial charge in [-0.3, -0.25) is 4.79 Å². The molecule has 1 saturated carbocycles. The Labute approximate surface area is 125 Å². The van der Waals surface area contributed by atoms with Crippen molar-refractivity contribution in [2.75, 3.05) is 0 Å². The van der Waals surface area contributed by atoms with E-state index in [4.69, 9.17) is 0 Å². The van der Waals surface area contributed by atoms with Crippen LogP contribution in [0.1, 0.15) is 47.2 Å². The molecule has 0 atom stereocenters. The lowest BCUT2D eigenvalue weighted by Crippen LogP contribution is -2.32. The maximum atomic E-state index is 12.4. The Morgan fingerprint density at radius 1 is 0.952 bits per heavy atom. The Bertz CT molecular complexity index is 698. The van der Waals surface area contributed by atoms with Gasteiger partial charge in [-0.2, -0.15) is 0 Å². The van der Waals surface area contributed by atoms with Gasteiger partial charge in [0.25, 0.3) is 5.91 Å². The molecular formula is C19H19NO. The van der Waals surface area contributed by atoms with Crippen LogP contribution in [0, 0.1) is 0 Å². The number of fused-ring (bicyclic) bond motifs is 3. The molecule has 0 aromatic heterocycles. The molecule has 0 heterocycles. The van der Waals surface area contributed by atoms with Crippen LogP contribution in [0.4, 0.5) is 0 Å². The maximum Gasteiger partial charge on any atom is 0.251 e. The molecular weight excluding hydrogens is 258 g/mol. The molecule has 0 radical (unpaired) electrons. The van der Waals surface area contributed by atoms with Gasteiger partial charge >= 0.3 is 0 Å². The third-order valence-corrected chi connectivity index (χ3v) is 4.75. The second-order valence-corrected chi connectivity index (χ2v) is 6.16. The minimum absolute atomic E-state index is 0.0779. The number of hydrogen-bond acceptors (Lipinski definition) is 1. The Hall–Kier alpha value is -2.09. The highest BCUT2D eigenvalue weighted by Gasteiger charge is 2.21. The number of amides is 1. The molecule has 2 aliphatic rings. The van der Waals surface area contributed by atoms with Crippen LogP contribution in [0.15, 0.2) is 42.5 Å². The normalized spacial score (nSPS) is 16.6. The van der Waals surface area contributed by atoms with Gasteiger partial charge in [-0.1, -0.05) is 43.2 Å². The summed E-state index contributed by atoms with van der Waals surface area (Å²) in [5.74, 6) is 0.0779. The topological polar surface area (TPSA) is 29.1 Å². The smallest absolute Gasteiger partial charge is 0.251 e. The van der Waals surface area contributed by atoms with Gasteiger partial charge < -0.3 is 5.32 Å². The zero-order chi connectivity index (χ0) is 14.2. The third-order valence-electron chi connectivity index (χ3n) is 4.75. The predicted octanol–water partition coefficient (Wildman–Crippen LogP) is 3.93. The van der Waals surface area contributed by atoms with Crippen molar-refractivity contribution in [3.8, 4) is 11.1 Å². The lowest BCUT2D eigenvalue weighted by molar-refractivity contribution is 0.0938. The number of carbonyl (C=O) groups excluding carboxylic acids is 1. The van der Waals surface area contributed by atoms with Crippen molar-refractivity contribution in [1.82, 2.24) is 5.32 Å². The summed E-state index contributed by atoms with van der Waals surface area (Å²) in [7, 11) is 0. The van der Waals surface area contributed by atoms with Crippen LogP contribution in [-0.4, -0.2) is 11.9 Å². The molecule has 0 spiro atoms. The molecule has 4 rings (SSSR count). The van der Waals surface area contributed by atoms with E-state index in [0.29, 0.717) is 6.04 Å². The maximum absolute atomic E-state index is 12.4. The largest absolute Gasteiger partial charge is 0.349 e. The number of rotatable bonds is 2. The first-order valence-electron chi connectivity index (χ1n) is 7.83. The van der Waals surface area contributed by atoms with Crippen LogP contribution < -0.4 is 5.32 Å². The highest BCUT2D eigenvalue weighted by molar-refractivity contribution is 5.96. The Morgan fingerprint density at radius 2 is 1.71 bits per heavy atom. The second-order valence-electron chi connectivity index (χ2n) is 6.16. The van der Waals surface area contributed by atoms with Gasteiger partial charge in [-0.05, 0) is 53.6 Å². The van der Waals surface area contributed by atoms with E-state index in [1.54, 1.807) is 0 Å². The fourth-order valence-corrected chi connectivity index (χ4v) is 3.60.